The van der Waals surface area contributed by atoms with E-state index in [0.29, 0.717) is 10.7 Å². The molecule has 106 valence electrons. The lowest BCUT2D eigenvalue weighted by Crippen LogP contribution is -2.12. The normalized spacial score (nSPS) is 10.5. The molecule has 0 saturated heterocycles. The van der Waals surface area contributed by atoms with Crippen LogP contribution in [0.4, 0.5) is 5.13 Å². The van der Waals surface area contributed by atoms with Gasteiger partial charge in [0.2, 0.25) is 11.0 Å². The predicted molar refractivity (Wildman–Crippen MR) is 77.2 cm³/mol. The first kappa shape index (κ1) is 13.6. The van der Waals surface area contributed by atoms with E-state index in [1.807, 2.05) is 6.26 Å². The van der Waals surface area contributed by atoms with Gasteiger partial charge >= 0.3 is 11.8 Å². The van der Waals surface area contributed by atoms with E-state index >= 15 is 0 Å². The molecule has 8 nitrogen and oxygen atoms in total. The summed E-state index contributed by atoms with van der Waals surface area (Å²) in [5.74, 6) is -0.438. The molecule has 0 aliphatic rings. The summed E-state index contributed by atoms with van der Waals surface area (Å²) in [6.45, 7) is 0. The number of amides is 1. The number of carbonyl (C=O) groups is 1. The second kappa shape index (κ2) is 5.97. The van der Waals surface area contributed by atoms with Crippen LogP contribution in [0.5, 0.6) is 0 Å². The SMILES string of the molecule is CSc1nnc(NC(=O)c2nnc(-c3cccnc3)o2)s1. The molecule has 0 bridgehead atoms. The van der Waals surface area contributed by atoms with E-state index in [4.69, 9.17) is 4.42 Å². The van der Waals surface area contributed by atoms with Gasteiger partial charge in [-0.2, -0.15) is 0 Å². The van der Waals surface area contributed by atoms with Crippen molar-refractivity contribution in [3.63, 3.8) is 0 Å². The molecule has 0 aliphatic carbocycles. The Labute approximate surface area is 127 Å². The molecule has 0 saturated carbocycles. The maximum Gasteiger partial charge on any atom is 0.315 e. The highest BCUT2D eigenvalue weighted by Gasteiger charge is 2.17. The quantitative estimate of drug-likeness (QED) is 0.574. The molecular formula is C11H8N6O2S2. The van der Waals surface area contributed by atoms with Crippen LogP contribution < -0.4 is 5.32 Å². The van der Waals surface area contributed by atoms with Crippen molar-refractivity contribution in [1.29, 1.82) is 0 Å². The molecule has 0 aliphatic heterocycles. The number of thioether (sulfide) groups is 1. The summed E-state index contributed by atoms with van der Waals surface area (Å²) < 4.78 is 6.07. The molecule has 0 radical (unpaired) electrons. The molecule has 1 N–H and O–H groups in total. The van der Waals surface area contributed by atoms with Crippen LogP contribution in [0.25, 0.3) is 11.5 Å². The number of aromatic nitrogens is 5. The van der Waals surface area contributed by atoms with Crippen LogP contribution in [0, 0.1) is 0 Å². The van der Waals surface area contributed by atoms with Crippen molar-refractivity contribution in [3.05, 3.63) is 30.4 Å². The van der Waals surface area contributed by atoms with Crippen LogP contribution in [0.2, 0.25) is 0 Å². The fourth-order valence-electron chi connectivity index (χ4n) is 1.41. The summed E-state index contributed by atoms with van der Waals surface area (Å²) in [7, 11) is 0. The molecule has 0 unspecified atom stereocenters. The third-order valence-corrected chi connectivity index (χ3v) is 4.14. The summed E-state index contributed by atoms with van der Waals surface area (Å²) in [5, 5.41) is 18.2. The highest BCUT2D eigenvalue weighted by Crippen LogP contribution is 2.23. The number of nitrogens with zero attached hydrogens (tertiary/aromatic N) is 5. The topological polar surface area (TPSA) is 107 Å². The summed E-state index contributed by atoms with van der Waals surface area (Å²) in [4.78, 5) is 15.9. The average Bonchev–Trinajstić information content (AvgIpc) is 3.17. The first-order valence-corrected chi connectivity index (χ1v) is 7.73. The summed E-state index contributed by atoms with van der Waals surface area (Å²) in [5.41, 5.74) is 0.643. The summed E-state index contributed by atoms with van der Waals surface area (Å²) in [6.07, 6.45) is 5.08. The van der Waals surface area contributed by atoms with Gasteiger partial charge in [-0.15, -0.1) is 20.4 Å². The largest absolute Gasteiger partial charge is 0.412 e. The number of hydrogen-bond donors (Lipinski definition) is 1. The van der Waals surface area contributed by atoms with Gasteiger partial charge in [-0.05, 0) is 18.4 Å². The maximum atomic E-state index is 12.0. The Bertz CT molecular complexity index is 757. The zero-order valence-electron chi connectivity index (χ0n) is 10.7. The van der Waals surface area contributed by atoms with Gasteiger partial charge < -0.3 is 4.42 Å². The van der Waals surface area contributed by atoms with Crippen molar-refractivity contribution >= 4 is 34.1 Å². The van der Waals surface area contributed by atoms with E-state index in [-0.39, 0.29) is 11.8 Å². The number of anilines is 1. The Hall–Kier alpha value is -2.33. The van der Waals surface area contributed by atoms with Crippen LogP contribution in [0.15, 0.2) is 33.3 Å². The minimum atomic E-state index is -0.526. The van der Waals surface area contributed by atoms with Crippen LogP contribution >= 0.6 is 23.1 Å². The molecule has 1 amide bonds. The standard InChI is InChI=1S/C11H8N6O2S2/c1-20-11-17-16-10(21-11)13-7(18)9-15-14-8(19-9)6-3-2-4-12-5-6/h2-5H,1H3,(H,13,16,18). The van der Waals surface area contributed by atoms with Gasteiger partial charge in [0.15, 0.2) is 4.34 Å². The summed E-state index contributed by atoms with van der Waals surface area (Å²) >= 11 is 2.72. The van der Waals surface area contributed by atoms with Crippen molar-refractivity contribution in [2.24, 2.45) is 0 Å². The highest BCUT2D eigenvalue weighted by molar-refractivity contribution is 8.00. The van der Waals surface area contributed by atoms with E-state index in [0.717, 1.165) is 4.34 Å². The van der Waals surface area contributed by atoms with E-state index in [1.165, 1.54) is 23.1 Å². The van der Waals surface area contributed by atoms with Crippen molar-refractivity contribution in [2.75, 3.05) is 11.6 Å². The Balaban J connectivity index is 1.75. The second-order valence-electron chi connectivity index (χ2n) is 3.69. The van der Waals surface area contributed by atoms with Crippen molar-refractivity contribution in [1.82, 2.24) is 25.4 Å². The van der Waals surface area contributed by atoms with E-state index in [9.17, 15) is 4.79 Å². The molecule has 3 heterocycles. The van der Waals surface area contributed by atoms with Crippen LogP contribution in [-0.2, 0) is 0 Å². The van der Waals surface area contributed by atoms with Gasteiger partial charge in [0.25, 0.3) is 0 Å². The molecule has 10 heteroatoms. The second-order valence-corrected chi connectivity index (χ2v) is 5.72. The van der Waals surface area contributed by atoms with Crippen LogP contribution in [0.3, 0.4) is 0 Å². The number of rotatable bonds is 4. The number of nitrogens with one attached hydrogen (secondary N) is 1. The monoisotopic (exact) mass is 320 g/mol. The molecular weight excluding hydrogens is 312 g/mol. The van der Waals surface area contributed by atoms with E-state index in [2.05, 4.69) is 30.7 Å². The molecule has 21 heavy (non-hydrogen) atoms. The Kier molecular flexibility index (Phi) is 3.88. The van der Waals surface area contributed by atoms with Crippen molar-refractivity contribution in [3.8, 4) is 11.5 Å². The van der Waals surface area contributed by atoms with Crippen LogP contribution in [0.1, 0.15) is 10.7 Å². The molecule has 3 aromatic rings. The van der Waals surface area contributed by atoms with Gasteiger partial charge in [0.1, 0.15) is 0 Å². The minimum Gasteiger partial charge on any atom is -0.412 e. The van der Waals surface area contributed by atoms with Gasteiger partial charge in [0, 0.05) is 12.4 Å². The zero-order chi connectivity index (χ0) is 14.7. The van der Waals surface area contributed by atoms with Gasteiger partial charge in [0.05, 0.1) is 5.56 Å². The fraction of sp³-hybridized carbons (Fsp3) is 0.0909. The lowest BCUT2D eigenvalue weighted by atomic mass is 10.3. The Morgan fingerprint density at radius 1 is 1.33 bits per heavy atom. The maximum absolute atomic E-state index is 12.0. The number of carbonyl (C=O) groups excluding carboxylic acids is 1. The van der Waals surface area contributed by atoms with Gasteiger partial charge in [-0.25, -0.2) is 0 Å². The first-order chi connectivity index (χ1) is 10.3. The van der Waals surface area contributed by atoms with Crippen molar-refractivity contribution in [2.45, 2.75) is 4.34 Å². The van der Waals surface area contributed by atoms with Crippen LogP contribution in [-0.4, -0.2) is 37.5 Å². The minimum absolute atomic E-state index is 0.144. The molecule has 0 fully saturated rings. The van der Waals surface area contributed by atoms with Gasteiger partial charge in [-0.1, -0.05) is 23.1 Å². The predicted octanol–water partition coefficient (Wildman–Crippen LogP) is 1.96. The smallest absolute Gasteiger partial charge is 0.315 e. The molecule has 3 rings (SSSR count). The molecule has 3 aromatic heterocycles. The molecule has 0 aromatic carbocycles. The third kappa shape index (κ3) is 3.06. The number of hydrogen-bond acceptors (Lipinski definition) is 9. The van der Waals surface area contributed by atoms with Gasteiger partial charge in [-0.3, -0.25) is 15.1 Å². The first-order valence-electron chi connectivity index (χ1n) is 5.69. The molecule has 0 spiro atoms. The van der Waals surface area contributed by atoms with Crippen molar-refractivity contribution < 1.29 is 9.21 Å². The lowest BCUT2D eigenvalue weighted by Gasteiger charge is -1.94. The van der Waals surface area contributed by atoms with E-state index in [1.54, 1.807) is 24.5 Å². The average molecular weight is 320 g/mol. The van der Waals surface area contributed by atoms with E-state index < -0.39 is 5.91 Å². The number of pyridine rings is 1. The zero-order valence-corrected chi connectivity index (χ0v) is 12.3. The Morgan fingerprint density at radius 3 is 2.95 bits per heavy atom. The fourth-order valence-corrected chi connectivity index (χ4v) is 2.58. The Morgan fingerprint density at radius 2 is 2.24 bits per heavy atom. The molecule has 0 atom stereocenters. The third-order valence-electron chi connectivity index (χ3n) is 2.33. The highest BCUT2D eigenvalue weighted by atomic mass is 32.2. The lowest BCUT2D eigenvalue weighted by molar-refractivity contribution is 0.0990. The summed E-state index contributed by atoms with van der Waals surface area (Å²) in [6, 6.07) is 3.50.